The number of amides is 1. The summed E-state index contributed by atoms with van der Waals surface area (Å²) in [5.74, 6) is 0.155. The fourth-order valence-electron chi connectivity index (χ4n) is 2.40. The Morgan fingerprint density at radius 3 is 3.20 bits per heavy atom. The number of carbonyl (C=O) groups is 1. The summed E-state index contributed by atoms with van der Waals surface area (Å²) in [5.41, 5.74) is 2.14. The van der Waals surface area contributed by atoms with E-state index in [1.54, 1.807) is 0 Å². The molecule has 0 aromatic heterocycles. The lowest BCUT2D eigenvalue weighted by Gasteiger charge is -2.32. The monoisotopic (exact) mass is 314 g/mol. The summed E-state index contributed by atoms with van der Waals surface area (Å²) < 4.78 is 1.16. The maximum Gasteiger partial charge on any atom is 0.247 e. The van der Waals surface area contributed by atoms with Gasteiger partial charge in [0.2, 0.25) is 5.91 Å². The molecule has 3 rings (SSSR count). The van der Waals surface area contributed by atoms with Crippen LogP contribution in [0.25, 0.3) is 0 Å². The van der Waals surface area contributed by atoms with Crippen molar-refractivity contribution in [1.82, 2.24) is 0 Å². The number of nitrogens with zero attached hydrogens (tertiary/aromatic N) is 1. The molecule has 2 aliphatic rings. The Balaban J connectivity index is 2.11. The first-order chi connectivity index (χ1) is 7.25. The van der Waals surface area contributed by atoms with Crippen LogP contribution in [-0.4, -0.2) is 18.5 Å². The van der Waals surface area contributed by atoms with E-state index in [9.17, 15) is 4.79 Å². The van der Waals surface area contributed by atoms with Crippen LogP contribution >= 0.6 is 22.6 Å². The maximum absolute atomic E-state index is 11.8. The van der Waals surface area contributed by atoms with E-state index in [4.69, 9.17) is 0 Å². The summed E-state index contributed by atoms with van der Waals surface area (Å²) in [6.45, 7) is 1.01. The van der Waals surface area contributed by atoms with E-state index >= 15 is 0 Å². The number of nitrogens with one attached hydrogen (secondary N) is 1. The molecule has 1 aromatic rings. The Morgan fingerprint density at radius 1 is 1.47 bits per heavy atom. The van der Waals surface area contributed by atoms with Crippen molar-refractivity contribution in [3.8, 4) is 0 Å². The number of rotatable bonds is 0. The molecule has 1 aromatic carbocycles. The highest BCUT2D eigenvalue weighted by Crippen LogP contribution is 2.37. The average Bonchev–Trinajstić information content (AvgIpc) is 2.66. The molecule has 3 nitrogen and oxygen atoms in total. The van der Waals surface area contributed by atoms with Crippen molar-refractivity contribution in [1.29, 1.82) is 0 Å². The third-order valence-corrected chi connectivity index (χ3v) is 3.75. The Bertz CT molecular complexity index is 433. The SMILES string of the molecule is O=C1Nc2cc(I)ccc2N2CCCC12. The molecule has 1 N–H and O–H groups in total. The summed E-state index contributed by atoms with van der Waals surface area (Å²) in [6, 6.07) is 6.29. The van der Waals surface area contributed by atoms with Gasteiger partial charge in [-0.05, 0) is 53.6 Å². The van der Waals surface area contributed by atoms with Gasteiger partial charge in [-0.25, -0.2) is 0 Å². The molecule has 4 heteroatoms. The molecule has 78 valence electrons. The van der Waals surface area contributed by atoms with Crippen LogP contribution in [0.5, 0.6) is 0 Å². The zero-order valence-electron chi connectivity index (χ0n) is 8.16. The highest BCUT2D eigenvalue weighted by molar-refractivity contribution is 14.1. The number of carbonyl (C=O) groups excluding carboxylic acids is 1. The third-order valence-electron chi connectivity index (χ3n) is 3.08. The minimum absolute atomic E-state index is 0.0672. The normalized spacial score (nSPS) is 23.4. The second kappa shape index (κ2) is 3.37. The highest BCUT2D eigenvalue weighted by atomic mass is 127. The molecule has 1 unspecified atom stereocenters. The molecule has 0 bridgehead atoms. The molecule has 2 aliphatic heterocycles. The smallest absolute Gasteiger partial charge is 0.247 e. The molecular formula is C11H11IN2O. The summed E-state index contributed by atoms with van der Waals surface area (Å²) in [6.07, 6.45) is 2.10. The van der Waals surface area contributed by atoms with Crippen molar-refractivity contribution < 1.29 is 4.79 Å². The van der Waals surface area contributed by atoms with Crippen LogP contribution in [0.3, 0.4) is 0 Å². The molecule has 0 spiro atoms. The topological polar surface area (TPSA) is 32.3 Å². The van der Waals surface area contributed by atoms with E-state index in [0.29, 0.717) is 0 Å². The molecule has 0 radical (unpaired) electrons. The Kier molecular flexibility index (Phi) is 2.12. The summed E-state index contributed by atoms with van der Waals surface area (Å²) >= 11 is 2.26. The first kappa shape index (κ1) is 9.45. The number of anilines is 2. The Labute approximate surface area is 102 Å². The van der Waals surface area contributed by atoms with Crippen LogP contribution < -0.4 is 10.2 Å². The molecule has 1 atom stereocenters. The molecule has 2 heterocycles. The maximum atomic E-state index is 11.8. The van der Waals surface area contributed by atoms with Gasteiger partial charge in [0, 0.05) is 10.1 Å². The van der Waals surface area contributed by atoms with Gasteiger partial charge in [0.05, 0.1) is 11.4 Å². The van der Waals surface area contributed by atoms with Crippen LogP contribution in [0.2, 0.25) is 0 Å². The number of fused-ring (bicyclic) bond motifs is 3. The highest BCUT2D eigenvalue weighted by Gasteiger charge is 2.35. The number of benzene rings is 1. The van der Waals surface area contributed by atoms with Crippen molar-refractivity contribution in [2.45, 2.75) is 18.9 Å². The average molecular weight is 314 g/mol. The quantitative estimate of drug-likeness (QED) is 0.745. The number of hydrogen-bond acceptors (Lipinski definition) is 2. The van der Waals surface area contributed by atoms with Crippen molar-refractivity contribution in [3.63, 3.8) is 0 Å². The third kappa shape index (κ3) is 1.42. The van der Waals surface area contributed by atoms with Gasteiger partial charge in [0.25, 0.3) is 0 Å². The minimum Gasteiger partial charge on any atom is -0.358 e. The van der Waals surface area contributed by atoms with E-state index in [0.717, 1.165) is 28.6 Å². The van der Waals surface area contributed by atoms with E-state index in [-0.39, 0.29) is 11.9 Å². The molecule has 1 amide bonds. The predicted octanol–water partition coefficient (Wildman–Crippen LogP) is 2.21. The lowest BCUT2D eigenvalue weighted by molar-refractivity contribution is -0.117. The van der Waals surface area contributed by atoms with Crippen LogP contribution in [0.4, 0.5) is 11.4 Å². The first-order valence-corrected chi connectivity index (χ1v) is 6.20. The lowest BCUT2D eigenvalue weighted by atomic mass is 10.1. The van der Waals surface area contributed by atoms with E-state index in [1.165, 1.54) is 5.69 Å². The fraction of sp³-hybridized carbons (Fsp3) is 0.364. The van der Waals surface area contributed by atoms with Gasteiger partial charge in [-0.2, -0.15) is 0 Å². The van der Waals surface area contributed by atoms with Crippen LogP contribution in [0.15, 0.2) is 18.2 Å². The van der Waals surface area contributed by atoms with Gasteiger partial charge in [-0.3, -0.25) is 4.79 Å². The molecule has 1 saturated heterocycles. The Morgan fingerprint density at radius 2 is 2.33 bits per heavy atom. The summed E-state index contributed by atoms with van der Waals surface area (Å²) in [4.78, 5) is 14.0. The standard InChI is InChI=1S/C11H11IN2O/c12-7-3-4-9-8(6-7)13-11(15)10-2-1-5-14(9)10/h3-4,6,10H,1-2,5H2,(H,13,15). The summed E-state index contributed by atoms with van der Waals surface area (Å²) in [5, 5.41) is 2.99. The van der Waals surface area contributed by atoms with Crippen molar-refractivity contribution >= 4 is 39.9 Å². The van der Waals surface area contributed by atoms with Crippen LogP contribution in [0, 0.1) is 3.57 Å². The van der Waals surface area contributed by atoms with E-state index < -0.39 is 0 Å². The van der Waals surface area contributed by atoms with Gasteiger partial charge < -0.3 is 10.2 Å². The molecule has 15 heavy (non-hydrogen) atoms. The van der Waals surface area contributed by atoms with Crippen LogP contribution in [0.1, 0.15) is 12.8 Å². The number of hydrogen-bond donors (Lipinski definition) is 1. The zero-order chi connectivity index (χ0) is 10.4. The van der Waals surface area contributed by atoms with Crippen molar-refractivity contribution in [2.75, 3.05) is 16.8 Å². The van der Waals surface area contributed by atoms with Crippen molar-refractivity contribution in [3.05, 3.63) is 21.8 Å². The molecule has 0 aliphatic carbocycles. The minimum atomic E-state index is 0.0672. The van der Waals surface area contributed by atoms with Gasteiger partial charge in [0.1, 0.15) is 6.04 Å². The van der Waals surface area contributed by atoms with Gasteiger partial charge >= 0.3 is 0 Å². The van der Waals surface area contributed by atoms with Crippen molar-refractivity contribution in [2.24, 2.45) is 0 Å². The van der Waals surface area contributed by atoms with Gasteiger partial charge in [0.15, 0.2) is 0 Å². The van der Waals surface area contributed by atoms with E-state index in [2.05, 4.69) is 44.9 Å². The molecule has 0 saturated carbocycles. The second-order valence-electron chi connectivity index (χ2n) is 4.00. The van der Waals surface area contributed by atoms with E-state index in [1.807, 2.05) is 6.07 Å². The summed E-state index contributed by atoms with van der Waals surface area (Å²) in [7, 11) is 0. The molecular weight excluding hydrogens is 303 g/mol. The lowest BCUT2D eigenvalue weighted by Crippen LogP contribution is -2.43. The zero-order valence-corrected chi connectivity index (χ0v) is 10.3. The van der Waals surface area contributed by atoms with Gasteiger partial charge in [-0.15, -0.1) is 0 Å². The predicted molar refractivity (Wildman–Crippen MR) is 68.2 cm³/mol. The second-order valence-corrected chi connectivity index (χ2v) is 5.25. The Hall–Kier alpha value is -0.780. The fourth-order valence-corrected chi connectivity index (χ4v) is 2.89. The van der Waals surface area contributed by atoms with Crippen LogP contribution in [-0.2, 0) is 4.79 Å². The first-order valence-electron chi connectivity index (χ1n) is 5.13. The largest absolute Gasteiger partial charge is 0.358 e. The van der Waals surface area contributed by atoms with Gasteiger partial charge in [-0.1, -0.05) is 0 Å². The molecule has 1 fully saturated rings. The number of halogens is 1.